The van der Waals surface area contributed by atoms with E-state index in [0.717, 1.165) is 16.7 Å². The van der Waals surface area contributed by atoms with Crippen LogP contribution in [0.25, 0.3) is 0 Å². The number of carbonyl (C=O) groups excluding carboxylic acids is 2. The van der Waals surface area contributed by atoms with Crippen LogP contribution in [0.1, 0.15) is 48.3 Å². The Kier molecular flexibility index (Phi) is 3.94. The first-order valence-corrected chi connectivity index (χ1v) is 9.15. The van der Waals surface area contributed by atoms with Crippen molar-refractivity contribution >= 4 is 23.3 Å². The highest BCUT2D eigenvalue weighted by atomic mass is 35.5. The molecule has 1 atom stereocenters. The predicted octanol–water partition coefficient (Wildman–Crippen LogP) is 2.80. The van der Waals surface area contributed by atoms with Gasteiger partial charge in [-0.1, -0.05) is 11.6 Å². The minimum atomic E-state index is -0.791. The molecule has 2 aliphatic heterocycles. The van der Waals surface area contributed by atoms with Crippen LogP contribution in [0.4, 0.5) is 0 Å². The van der Waals surface area contributed by atoms with Crippen LogP contribution in [0.5, 0.6) is 0 Å². The van der Waals surface area contributed by atoms with Gasteiger partial charge in [-0.3, -0.25) is 9.59 Å². The molecule has 1 amide bonds. The third-order valence-corrected chi connectivity index (χ3v) is 6.10. The van der Waals surface area contributed by atoms with Crippen molar-refractivity contribution in [2.45, 2.75) is 56.8 Å². The molecule has 0 radical (unpaired) electrons. The number of benzene rings is 1. The quantitative estimate of drug-likeness (QED) is 0.779. The Labute approximate surface area is 152 Å². The van der Waals surface area contributed by atoms with Gasteiger partial charge in [-0.25, -0.2) is 0 Å². The standard InChI is InChI=1S/C19H22ClNO4/c1-11-9-13(20)10-12(2)14(11)15-16(22)18(21-17(15)23)3-5-19(6-4-18)24-7-8-25-19/h9-10,15H,3-8H2,1-2H3,(H,21,23). The van der Waals surface area contributed by atoms with E-state index in [1.165, 1.54) is 0 Å². The van der Waals surface area contributed by atoms with Crippen molar-refractivity contribution in [2.24, 2.45) is 0 Å². The third kappa shape index (κ3) is 2.60. The number of carbonyl (C=O) groups is 2. The summed E-state index contributed by atoms with van der Waals surface area (Å²) in [4.78, 5) is 26.0. The molecule has 2 saturated heterocycles. The van der Waals surface area contributed by atoms with Crippen molar-refractivity contribution in [1.29, 1.82) is 0 Å². The van der Waals surface area contributed by atoms with Gasteiger partial charge in [-0.05, 0) is 55.5 Å². The number of amides is 1. The topological polar surface area (TPSA) is 64.6 Å². The molecular formula is C19H22ClNO4. The van der Waals surface area contributed by atoms with E-state index in [1.54, 1.807) is 0 Å². The van der Waals surface area contributed by atoms with Crippen molar-refractivity contribution < 1.29 is 19.1 Å². The Bertz CT molecular complexity index is 721. The molecule has 6 heteroatoms. The molecule has 2 heterocycles. The van der Waals surface area contributed by atoms with Crippen molar-refractivity contribution in [2.75, 3.05) is 13.2 Å². The lowest BCUT2D eigenvalue weighted by atomic mass is 9.74. The normalized spacial score (nSPS) is 27.2. The first kappa shape index (κ1) is 17.0. The van der Waals surface area contributed by atoms with E-state index >= 15 is 0 Å². The second-order valence-electron chi connectivity index (χ2n) is 7.43. The van der Waals surface area contributed by atoms with E-state index < -0.39 is 17.2 Å². The summed E-state index contributed by atoms with van der Waals surface area (Å²) in [7, 11) is 0. The van der Waals surface area contributed by atoms with Gasteiger partial charge in [0.25, 0.3) is 0 Å². The molecule has 0 aromatic heterocycles. The Morgan fingerprint density at radius 2 is 1.60 bits per heavy atom. The number of ketones is 1. The summed E-state index contributed by atoms with van der Waals surface area (Å²) in [5, 5.41) is 3.63. The van der Waals surface area contributed by atoms with Gasteiger partial charge >= 0.3 is 0 Å². The van der Waals surface area contributed by atoms with Gasteiger partial charge in [0.2, 0.25) is 5.91 Å². The molecule has 3 fully saturated rings. The van der Waals surface area contributed by atoms with Gasteiger partial charge in [0.1, 0.15) is 11.5 Å². The average Bonchev–Trinajstić information content (AvgIpc) is 3.09. The van der Waals surface area contributed by atoms with E-state index in [-0.39, 0.29) is 11.7 Å². The Morgan fingerprint density at radius 1 is 1.04 bits per heavy atom. The Morgan fingerprint density at radius 3 is 2.16 bits per heavy atom. The summed E-state index contributed by atoms with van der Waals surface area (Å²) in [5.41, 5.74) is 1.76. The van der Waals surface area contributed by atoms with Crippen LogP contribution in [0.2, 0.25) is 5.02 Å². The van der Waals surface area contributed by atoms with Gasteiger partial charge in [-0.15, -0.1) is 0 Å². The summed E-state index contributed by atoms with van der Waals surface area (Å²) in [6.45, 7) is 4.99. The van der Waals surface area contributed by atoms with Crippen LogP contribution < -0.4 is 5.32 Å². The lowest BCUT2D eigenvalue weighted by Crippen LogP contribution is -2.53. The lowest BCUT2D eigenvalue weighted by molar-refractivity contribution is -0.186. The summed E-state index contributed by atoms with van der Waals surface area (Å²) in [6.07, 6.45) is 2.37. The number of hydrogen-bond donors (Lipinski definition) is 1. The van der Waals surface area contributed by atoms with E-state index in [0.29, 0.717) is 43.9 Å². The molecule has 3 aliphatic rings. The monoisotopic (exact) mass is 363 g/mol. The van der Waals surface area contributed by atoms with E-state index in [9.17, 15) is 9.59 Å². The molecule has 1 unspecified atom stereocenters. The maximum absolute atomic E-state index is 13.3. The van der Waals surface area contributed by atoms with Crippen molar-refractivity contribution in [1.82, 2.24) is 5.32 Å². The van der Waals surface area contributed by atoms with Crippen LogP contribution >= 0.6 is 11.6 Å². The first-order chi connectivity index (χ1) is 11.9. The second-order valence-corrected chi connectivity index (χ2v) is 7.87. The number of ether oxygens (including phenoxy) is 2. The number of rotatable bonds is 1. The molecule has 4 rings (SSSR count). The lowest BCUT2D eigenvalue weighted by Gasteiger charge is -2.40. The van der Waals surface area contributed by atoms with Gasteiger partial charge in [-0.2, -0.15) is 0 Å². The molecule has 1 saturated carbocycles. The van der Waals surface area contributed by atoms with Crippen LogP contribution in [-0.2, 0) is 19.1 Å². The van der Waals surface area contributed by atoms with E-state index in [4.69, 9.17) is 21.1 Å². The number of nitrogens with one attached hydrogen (secondary N) is 1. The fourth-order valence-corrected chi connectivity index (χ4v) is 4.95. The zero-order chi connectivity index (χ0) is 17.8. The zero-order valence-electron chi connectivity index (χ0n) is 14.5. The minimum Gasteiger partial charge on any atom is -0.348 e. The van der Waals surface area contributed by atoms with Crippen LogP contribution in [0.15, 0.2) is 12.1 Å². The zero-order valence-corrected chi connectivity index (χ0v) is 15.2. The highest BCUT2D eigenvalue weighted by Crippen LogP contribution is 2.46. The molecule has 0 bridgehead atoms. The van der Waals surface area contributed by atoms with Crippen molar-refractivity contribution in [3.8, 4) is 0 Å². The smallest absolute Gasteiger partial charge is 0.235 e. The number of hydrogen-bond acceptors (Lipinski definition) is 4. The molecule has 1 aromatic rings. The first-order valence-electron chi connectivity index (χ1n) is 8.77. The van der Waals surface area contributed by atoms with Gasteiger partial charge < -0.3 is 14.8 Å². The Balaban J connectivity index is 1.63. The molecule has 5 nitrogen and oxygen atoms in total. The van der Waals surface area contributed by atoms with Crippen LogP contribution in [0, 0.1) is 13.8 Å². The van der Waals surface area contributed by atoms with Crippen molar-refractivity contribution in [3.63, 3.8) is 0 Å². The summed E-state index contributed by atoms with van der Waals surface area (Å²) in [6, 6.07) is 3.62. The third-order valence-electron chi connectivity index (χ3n) is 5.88. The molecule has 25 heavy (non-hydrogen) atoms. The second kappa shape index (κ2) is 5.79. The predicted molar refractivity (Wildman–Crippen MR) is 92.7 cm³/mol. The number of aryl methyl sites for hydroxylation is 2. The minimum absolute atomic E-state index is 0.0288. The van der Waals surface area contributed by atoms with Gasteiger partial charge in [0.05, 0.1) is 13.2 Å². The maximum Gasteiger partial charge on any atom is 0.235 e. The molecular weight excluding hydrogens is 342 g/mol. The highest BCUT2D eigenvalue weighted by molar-refractivity contribution is 6.30. The highest BCUT2D eigenvalue weighted by Gasteiger charge is 2.57. The molecule has 1 N–H and O–H groups in total. The van der Waals surface area contributed by atoms with E-state index in [1.807, 2.05) is 26.0 Å². The fourth-order valence-electron chi connectivity index (χ4n) is 4.62. The number of halogens is 1. The maximum atomic E-state index is 13.3. The summed E-state index contributed by atoms with van der Waals surface area (Å²) < 4.78 is 11.5. The largest absolute Gasteiger partial charge is 0.348 e. The van der Waals surface area contributed by atoms with Crippen LogP contribution in [0.3, 0.4) is 0 Å². The van der Waals surface area contributed by atoms with Crippen LogP contribution in [-0.4, -0.2) is 36.2 Å². The van der Waals surface area contributed by atoms with Crippen molar-refractivity contribution in [3.05, 3.63) is 33.8 Å². The van der Waals surface area contributed by atoms with Gasteiger partial charge in [0, 0.05) is 17.9 Å². The Hall–Kier alpha value is -1.43. The average molecular weight is 364 g/mol. The molecule has 134 valence electrons. The van der Waals surface area contributed by atoms with E-state index in [2.05, 4.69) is 5.32 Å². The molecule has 1 aliphatic carbocycles. The molecule has 2 spiro atoms. The van der Waals surface area contributed by atoms with Gasteiger partial charge in [0.15, 0.2) is 11.6 Å². The summed E-state index contributed by atoms with van der Waals surface area (Å²) in [5.74, 6) is -1.54. The fraction of sp³-hybridized carbons (Fsp3) is 0.579. The SMILES string of the molecule is Cc1cc(Cl)cc(C)c1C1C(=O)NC2(CCC3(CC2)OCCO3)C1=O. The number of Topliss-reactive ketones (excluding diaryl/α,β-unsaturated/α-hetero) is 1. The summed E-state index contributed by atoms with van der Waals surface area (Å²) >= 11 is 6.10. The molecule has 1 aromatic carbocycles.